The van der Waals surface area contributed by atoms with Gasteiger partial charge in [-0.3, -0.25) is 0 Å². The van der Waals surface area contributed by atoms with Crippen molar-refractivity contribution in [2.24, 2.45) is 5.73 Å². The zero-order valence-electron chi connectivity index (χ0n) is 9.91. The van der Waals surface area contributed by atoms with Crippen LogP contribution in [0.5, 0.6) is 5.88 Å². The fraction of sp³-hybridized carbons (Fsp3) is 0.615. The summed E-state index contributed by atoms with van der Waals surface area (Å²) in [5.74, 6) is 0.745. The first-order valence-electron chi connectivity index (χ1n) is 6.02. The molecule has 0 unspecified atom stereocenters. The fourth-order valence-corrected chi connectivity index (χ4v) is 2.77. The molecule has 1 aromatic heterocycles. The van der Waals surface area contributed by atoms with Crippen molar-refractivity contribution in [1.29, 1.82) is 0 Å². The van der Waals surface area contributed by atoms with Crippen LogP contribution in [0.1, 0.15) is 37.7 Å². The molecule has 0 aromatic carbocycles. The minimum atomic E-state index is 0.0951. The van der Waals surface area contributed by atoms with Crippen molar-refractivity contribution in [1.82, 2.24) is 4.98 Å². The Labute approximate surface area is 97.0 Å². The van der Waals surface area contributed by atoms with Gasteiger partial charge in [-0.2, -0.15) is 0 Å². The van der Waals surface area contributed by atoms with Gasteiger partial charge in [-0.1, -0.05) is 25.3 Å². The average Bonchev–Trinajstić information content (AvgIpc) is 2.39. The number of hydrogen-bond donors (Lipinski definition) is 1. The van der Waals surface area contributed by atoms with E-state index in [0.29, 0.717) is 6.54 Å². The second kappa shape index (κ2) is 4.83. The Bertz CT molecular complexity index is 346. The lowest BCUT2D eigenvalue weighted by atomic mass is 9.69. The molecule has 1 aromatic rings. The molecule has 0 aliphatic heterocycles. The van der Waals surface area contributed by atoms with Crippen molar-refractivity contribution in [2.75, 3.05) is 13.7 Å². The molecule has 16 heavy (non-hydrogen) atoms. The van der Waals surface area contributed by atoms with Crippen LogP contribution in [0.3, 0.4) is 0 Å². The lowest BCUT2D eigenvalue weighted by Gasteiger charge is -2.37. The molecule has 0 radical (unpaired) electrons. The monoisotopic (exact) mass is 220 g/mol. The number of methoxy groups -OCH3 is 1. The first-order valence-corrected chi connectivity index (χ1v) is 6.02. The normalized spacial score (nSPS) is 19.4. The highest BCUT2D eigenvalue weighted by Gasteiger charge is 2.35. The molecule has 0 spiro atoms. The number of nitrogens with two attached hydrogens (primary N) is 1. The first kappa shape index (κ1) is 11.4. The van der Waals surface area contributed by atoms with E-state index in [9.17, 15) is 0 Å². The molecule has 2 rings (SSSR count). The van der Waals surface area contributed by atoms with E-state index in [1.54, 1.807) is 13.3 Å². The minimum Gasteiger partial charge on any atom is -0.481 e. The molecule has 88 valence electrons. The summed E-state index contributed by atoms with van der Waals surface area (Å²) in [6.45, 7) is 0.690. The van der Waals surface area contributed by atoms with Crippen LogP contribution in [-0.2, 0) is 5.41 Å². The van der Waals surface area contributed by atoms with Gasteiger partial charge < -0.3 is 10.5 Å². The van der Waals surface area contributed by atoms with E-state index < -0.39 is 0 Å². The molecule has 3 heteroatoms. The summed E-state index contributed by atoms with van der Waals surface area (Å²) in [6, 6.07) is 4.09. The predicted molar refractivity (Wildman–Crippen MR) is 64.6 cm³/mol. The van der Waals surface area contributed by atoms with Crippen LogP contribution in [0.4, 0.5) is 0 Å². The summed E-state index contributed by atoms with van der Waals surface area (Å²) in [6.07, 6.45) is 7.93. The number of nitrogens with zero attached hydrogens (tertiary/aromatic N) is 1. The van der Waals surface area contributed by atoms with Gasteiger partial charge in [0.05, 0.1) is 7.11 Å². The zero-order valence-corrected chi connectivity index (χ0v) is 9.91. The maximum atomic E-state index is 6.01. The Kier molecular flexibility index (Phi) is 3.44. The molecule has 1 fully saturated rings. The quantitative estimate of drug-likeness (QED) is 0.850. The molecule has 3 nitrogen and oxygen atoms in total. The van der Waals surface area contributed by atoms with Gasteiger partial charge >= 0.3 is 0 Å². The molecule has 1 saturated carbocycles. The predicted octanol–water partition coefficient (Wildman–Crippen LogP) is 2.25. The third kappa shape index (κ3) is 1.92. The molecule has 0 bridgehead atoms. The molecular weight excluding hydrogens is 200 g/mol. The summed E-state index contributed by atoms with van der Waals surface area (Å²) in [7, 11) is 1.68. The van der Waals surface area contributed by atoms with E-state index >= 15 is 0 Å². The third-order valence-corrected chi connectivity index (χ3v) is 3.74. The highest BCUT2D eigenvalue weighted by molar-refractivity contribution is 5.35. The molecule has 0 atom stereocenters. The van der Waals surface area contributed by atoms with E-state index in [0.717, 1.165) is 18.7 Å². The molecule has 0 amide bonds. The Morgan fingerprint density at radius 2 is 2.12 bits per heavy atom. The lowest BCUT2D eigenvalue weighted by Crippen LogP contribution is -2.37. The Balaban J connectivity index is 2.38. The second-order valence-corrected chi connectivity index (χ2v) is 4.61. The average molecular weight is 220 g/mol. The van der Waals surface area contributed by atoms with Gasteiger partial charge in [0.15, 0.2) is 0 Å². The van der Waals surface area contributed by atoms with Crippen molar-refractivity contribution in [3.8, 4) is 5.88 Å². The van der Waals surface area contributed by atoms with Gasteiger partial charge in [0.2, 0.25) is 5.88 Å². The SMILES string of the molecule is COc1ncccc1C1(CN)CCCCC1. The number of aromatic nitrogens is 1. The van der Waals surface area contributed by atoms with Crippen LogP contribution in [-0.4, -0.2) is 18.6 Å². The lowest BCUT2D eigenvalue weighted by molar-refractivity contribution is 0.284. The van der Waals surface area contributed by atoms with E-state index in [1.165, 1.54) is 24.8 Å². The van der Waals surface area contributed by atoms with Gasteiger partial charge in [-0.15, -0.1) is 0 Å². The summed E-state index contributed by atoms with van der Waals surface area (Å²) < 4.78 is 5.36. The van der Waals surface area contributed by atoms with Crippen molar-refractivity contribution in [3.63, 3.8) is 0 Å². The van der Waals surface area contributed by atoms with Crippen LogP contribution < -0.4 is 10.5 Å². The van der Waals surface area contributed by atoms with Gasteiger partial charge in [-0.05, 0) is 18.9 Å². The number of hydrogen-bond acceptors (Lipinski definition) is 3. The van der Waals surface area contributed by atoms with Crippen LogP contribution in [0, 0.1) is 0 Å². The van der Waals surface area contributed by atoms with Crippen LogP contribution in [0.2, 0.25) is 0 Å². The topological polar surface area (TPSA) is 48.1 Å². The zero-order chi connectivity index (χ0) is 11.4. The molecule has 1 heterocycles. The molecule has 1 aliphatic rings. The van der Waals surface area contributed by atoms with E-state index in [1.807, 2.05) is 6.07 Å². The smallest absolute Gasteiger partial charge is 0.216 e. The number of ether oxygens (including phenoxy) is 1. The van der Waals surface area contributed by atoms with Crippen LogP contribution in [0.25, 0.3) is 0 Å². The first-order chi connectivity index (χ1) is 7.82. The Hall–Kier alpha value is -1.09. The van der Waals surface area contributed by atoms with E-state index in [4.69, 9.17) is 10.5 Å². The Morgan fingerprint density at radius 1 is 1.38 bits per heavy atom. The van der Waals surface area contributed by atoms with Gasteiger partial charge in [0.1, 0.15) is 0 Å². The minimum absolute atomic E-state index is 0.0951. The summed E-state index contributed by atoms with van der Waals surface area (Å²) in [5, 5.41) is 0. The van der Waals surface area contributed by atoms with Gasteiger partial charge in [0.25, 0.3) is 0 Å². The molecule has 0 saturated heterocycles. The maximum Gasteiger partial charge on any atom is 0.216 e. The fourth-order valence-electron chi connectivity index (χ4n) is 2.77. The molecular formula is C13H20N2O. The van der Waals surface area contributed by atoms with Crippen LogP contribution >= 0.6 is 0 Å². The van der Waals surface area contributed by atoms with Crippen molar-refractivity contribution in [2.45, 2.75) is 37.5 Å². The van der Waals surface area contributed by atoms with Crippen molar-refractivity contribution in [3.05, 3.63) is 23.9 Å². The highest BCUT2D eigenvalue weighted by Crippen LogP contribution is 2.41. The summed E-state index contributed by atoms with van der Waals surface area (Å²) in [4.78, 5) is 4.29. The van der Waals surface area contributed by atoms with E-state index in [-0.39, 0.29) is 5.41 Å². The van der Waals surface area contributed by atoms with Crippen molar-refractivity contribution >= 4 is 0 Å². The largest absolute Gasteiger partial charge is 0.481 e. The molecule has 2 N–H and O–H groups in total. The van der Waals surface area contributed by atoms with Gasteiger partial charge in [0, 0.05) is 23.7 Å². The van der Waals surface area contributed by atoms with Crippen molar-refractivity contribution < 1.29 is 4.74 Å². The van der Waals surface area contributed by atoms with E-state index in [2.05, 4.69) is 11.1 Å². The molecule has 1 aliphatic carbocycles. The van der Waals surface area contributed by atoms with Crippen LogP contribution in [0.15, 0.2) is 18.3 Å². The number of pyridine rings is 1. The highest BCUT2D eigenvalue weighted by atomic mass is 16.5. The second-order valence-electron chi connectivity index (χ2n) is 4.61. The number of rotatable bonds is 3. The third-order valence-electron chi connectivity index (χ3n) is 3.74. The van der Waals surface area contributed by atoms with Gasteiger partial charge in [-0.25, -0.2) is 4.98 Å². The Morgan fingerprint density at radius 3 is 2.75 bits per heavy atom. The standard InChI is InChI=1S/C13H20N2O/c1-16-12-11(6-5-9-15-12)13(10-14)7-3-2-4-8-13/h5-6,9H,2-4,7-8,10,14H2,1H3. The maximum absolute atomic E-state index is 6.01. The summed E-state index contributed by atoms with van der Waals surface area (Å²) in [5.41, 5.74) is 7.30. The summed E-state index contributed by atoms with van der Waals surface area (Å²) >= 11 is 0.